The molecule has 150 valence electrons. The Morgan fingerprint density at radius 3 is 1.64 bits per heavy atom. The van der Waals surface area contributed by atoms with E-state index >= 15 is 0 Å². The van der Waals surface area contributed by atoms with Gasteiger partial charge in [-0.15, -0.1) is 0 Å². The van der Waals surface area contributed by atoms with Crippen LogP contribution in [0.25, 0.3) is 0 Å². The van der Waals surface area contributed by atoms with E-state index in [1.807, 2.05) is 6.08 Å². The van der Waals surface area contributed by atoms with Crippen LogP contribution < -0.4 is 4.90 Å². The molecule has 0 saturated heterocycles. The lowest BCUT2D eigenvalue weighted by molar-refractivity contribution is 0.589. The molecule has 0 aliphatic heterocycles. The first kappa shape index (κ1) is 22.0. The summed E-state index contributed by atoms with van der Waals surface area (Å²) in [5.74, 6) is 0. The lowest BCUT2D eigenvalue weighted by atomic mass is 9.84. The van der Waals surface area contributed by atoms with Crippen LogP contribution in [0.15, 0.2) is 60.8 Å². The summed E-state index contributed by atoms with van der Waals surface area (Å²) < 4.78 is 0. The van der Waals surface area contributed by atoms with E-state index in [1.165, 1.54) is 27.9 Å². The molecular formula is C27H37N. The Morgan fingerprint density at radius 2 is 1.29 bits per heavy atom. The quantitative estimate of drug-likeness (QED) is 0.488. The highest BCUT2D eigenvalue weighted by molar-refractivity contribution is 5.75. The lowest BCUT2D eigenvalue weighted by Crippen LogP contribution is -2.19. The third-order valence-corrected chi connectivity index (χ3v) is 5.34. The van der Waals surface area contributed by atoms with Gasteiger partial charge in [0.05, 0.1) is 5.69 Å². The van der Waals surface area contributed by atoms with Crippen molar-refractivity contribution in [1.82, 2.24) is 0 Å². The zero-order valence-electron chi connectivity index (χ0n) is 19.3. The summed E-state index contributed by atoms with van der Waals surface area (Å²) >= 11 is 0. The number of allylic oxidation sites excluding steroid dienone is 2. The zero-order chi connectivity index (χ0) is 21.3. The maximum absolute atomic E-state index is 4.07. The largest absolute Gasteiger partial charge is 0.310 e. The molecule has 0 fully saturated rings. The minimum Gasteiger partial charge on any atom is -0.310 e. The Bertz CT molecular complexity index is 845. The van der Waals surface area contributed by atoms with Crippen molar-refractivity contribution in [3.63, 3.8) is 0 Å². The molecule has 0 atom stereocenters. The molecule has 2 aromatic rings. The predicted octanol–water partition coefficient (Wildman–Crippen LogP) is 8.13. The van der Waals surface area contributed by atoms with Crippen molar-refractivity contribution in [2.75, 3.05) is 4.90 Å². The van der Waals surface area contributed by atoms with Crippen LogP contribution in [0.4, 0.5) is 11.4 Å². The van der Waals surface area contributed by atoms with E-state index in [-0.39, 0.29) is 10.8 Å². The summed E-state index contributed by atoms with van der Waals surface area (Å²) in [4.78, 5) is 2.33. The first-order valence-electron chi connectivity index (χ1n) is 10.2. The average Bonchev–Trinajstić information content (AvgIpc) is 2.59. The molecule has 1 heteroatoms. The number of anilines is 2. The highest BCUT2D eigenvalue weighted by atomic mass is 15.1. The van der Waals surface area contributed by atoms with Crippen LogP contribution in [0.2, 0.25) is 0 Å². The van der Waals surface area contributed by atoms with Gasteiger partial charge in [0.1, 0.15) is 0 Å². The van der Waals surface area contributed by atoms with Crippen molar-refractivity contribution in [2.24, 2.45) is 0 Å². The molecule has 0 aromatic heterocycles. The second kappa shape index (κ2) is 7.99. The van der Waals surface area contributed by atoms with Crippen LogP contribution >= 0.6 is 0 Å². The van der Waals surface area contributed by atoms with Crippen molar-refractivity contribution < 1.29 is 0 Å². The minimum atomic E-state index is 0.134. The van der Waals surface area contributed by atoms with Crippen LogP contribution in [0, 0.1) is 13.8 Å². The summed E-state index contributed by atoms with van der Waals surface area (Å²) in [5.41, 5.74) is 9.05. The molecule has 1 nitrogen and oxygen atoms in total. The van der Waals surface area contributed by atoms with Gasteiger partial charge in [0.2, 0.25) is 0 Å². The van der Waals surface area contributed by atoms with Crippen LogP contribution in [-0.2, 0) is 10.8 Å². The molecule has 0 aliphatic rings. The topological polar surface area (TPSA) is 3.24 Å². The van der Waals surface area contributed by atoms with Gasteiger partial charge in [0, 0.05) is 11.4 Å². The van der Waals surface area contributed by atoms with Gasteiger partial charge in [-0.2, -0.15) is 0 Å². The Labute approximate surface area is 172 Å². The minimum absolute atomic E-state index is 0.134. The van der Waals surface area contributed by atoms with Crippen molar-refractivity contribution in [3.05, 3.63) is 83.1 Å². The van der Waals surface area contributed by atoms with E-state index in [4.69, 9.17) is 0 Å². The van der Waals surface area contributed by atoms with Crippen molar-refractivity contribution in [2.45, 2.75) is 73.1 Å². The van der Waals surface area contributed by atoms with Gasteiger partial charge in [-0.1, -0.05) is 78.5 Å². The molecule has 0 radical (unpaired) electrons. The van der Waals surface area contributed by atoms with E-state index in [9.17, 15) is 0 Å². The molecule has 0 heterocycles. The Balaban J connectivity index is 2.68. The SMILES string of the molecule is C=C/C(=C\C)N(c1ccc(C(C)(C)C)cc1)c1c(C)cc(C(C)(C)C)cc1C. The fraction of sp³-hybridized carbons (Fsp3) is 0.407. The molecule has 0 amide bonds. The summed E-state index contributed by atoms with van der Waals surface area (Å²) in [7, 11) is 0. The number of aryl methyl sites for hydroxylation is 2. The molecule has 2 aromatic carbocycles. The number of benzene rings is 2. The monoisotopic (exact) mass is 375 g/mol. The molecule has 0 aliphatic carbocycles. The fourth-order valence-electron chi connectivity index (χ4n) is 3.60. The van der Waals surface area contributed by atoms with Gasteiger partial charge < -0.3 is 4.90 Å². The van der Waals surface area contributed by atoms with E-state index in [0.29, 0.717) is 0 Å². The molecule has 0 N–H and O–H groups in total. The molecular weight excluding hydrogens is 338 g/mol. The van der Waals surface area contributed by atoms with E-state index in [1.54, 1.807) is 0 Å². The van der Waals surface area contributed by atoms with Crippen molar-refractivity contribution in [1.29, 1.82) is 0 Å². The third-order valence-electron chi connectivity index (χ3n) is 5.34. The molecule has 0 bridgehead atoms. The third kappa shape index (κ3) is 4.58. The molecule has 28 heavy (non-hydrogen) atoms. The first-order valence-corrected chi connectivity index (χ1v) is 10.2. The number of hydrogen-bond acceptors (Lipinski definition) is 1. The van der Waals surface area contributed by atoms with E-state index in [2.05, 4.69) is 116 Å². The van der Waals surface area contributed by atoms with Crippen LogP contribution in [0.3, 0.4) is 0 Å². The van der Waals surface area contributed by atoms with Gasteiger partial charge in [-0.05, 0) is 72.1 Å². The maximum atomic E-state index is 4.07. The first-order chi connectivity index (χ1) is 12.9. The fourth-order valence-corrected chi connectivity index (χ4v) is 3.60. The summed E-state index contributed by atoms with van der Waals surface area (Å²) in [6.07, 6.45) is 4.06. The Hall–Kier alpha value is -2.28. The Kier molecular flexibility index (Phi) is 6.28. The molecule has 2 rings (SSSR count). The molecule has 0 saturated carbocycles. The summed E-state index contributed by atoms with van der Waals surface area (Å²) in [6.45, 7) is 24.1. The van der Waals surface area contributed by atoms with Gasteiger partial charge in [0.15, 0.2) is 0 Å². The summed E-state index contributed by atoms with van der Waals surface area (Å²) in [5, 5.41) is 0. The van der Waals surface area contributed by atoms with Gasteiger partial charge >= 0.3 is 0 Å². The van der Waals surface area contributed by atoms with Gasteiger partial charge in [0.25, 0.3) is 0 Å². The number of hydrogen-bond donors (Lipinski definition) is 0. The van der Waals surface area contributed by atoms with Crippen LogP contribution in [0.5, 0.6) is 0 Å². The van der Waals surface area contributed by atoms with Crippen molar-refractivity contribution >= 4 is 11.4 Å². The normalized spacial score (nSPS) is 12.8. The second-order valence-electron chi connectivity index (χ2n) is 9.76. The second-order valence-corrected chi connectivity index (χ2v) is 9.76. The average molecular weight is 376 g/mol. The van der Waals surface area contributed by atoms with Gasteiger partial charge in [-0.25, -0.2) is 0 Å². The smallest absolute Gasteiger partial charge is 0.0520 e. The standard InChI is InChI=1S/C27H37N/c1-11-23(12-2)28(24-15-13-21(14-16-24)26(5,6)7)25-19(3)17-22(18-20(25)4)27(8,9)10/h11-18H,1H2,2-10H3/b23-12+. The van der Waals surface area contributed by atoms with Gasteiger partial charge in [-0.3, -0.25) is 0 Å². The molecule has 0 spiro atoms. The molecule has 0 unspecified atom stereocenters. The van der Waals surface area contributed by atoms with Crippen LogP contribution in [-0.4, -0.2) is 0 Å². The van der Waals surface area contributed by atoms with E-state index in [0.717, 1.165) is 11.4 Å². The number of rotatable bonds is 4. The van der Waals surface area contributed by atoms with Crippen molar-refractivity contribution in [3.8, 4) is 0 Å². The highest BCUT2D eigenvalue weighted by Crippen LogP contribution is 2.38. The highest BCUT2D eigenvalue weighted by Gasteiger charge is 2.22. The number of nitrogens with zero attached hydrogens (tertiary/aromatic N) is 1. The van der Waals surface area contributed by atoms with E-state index < -0.39 is 0 Å². The lowest BCUT2D eigenvalue weighted by Gasteiger charge is -2.31. The Morgan fingerprint density at radius 1 is 0.821 bits per heavy atom. The maximum Gasteiger partial charge on any atom is 0.0520 e. The summed E-state index contributed by atoms with van der Waals surface area (Å²) in [6, 6.07) is 13.6. The van der Waals surface area contributed by atoms with Crippen LogP contribution in [0.1, 0.15) is 70.7 Å². The predicted molar refractivity (Wildman–Crippen MR) is 126 cm³/mol. The zero-order valence-corrected chi connectivity index (χ0v) is 19.3.